The average molecular weight is 547 g/mol. The highest BCUT2D eigenvalue weighted by Gasteiger charge is 2.56. The van der Waals surface area contributed by atoms with E-state index in [9.17, 15) is 14.0 Å². The lowest BCUT2D eigenvalue weighted by Crippen LogP contribution is -2.35. The Labute approximate surface area is 229 Å². The zero-order valence-electron chi connectivity index (χ0n) is 21.9. The molecule has 10 nitrogen and oxygen atoms in total. The summed E-state index contributed by atoms with van der Waals surface area (Å²) in [4.78, 5) is 34.6. The molecule has 1 aliphatic rings. The number of ether oxygens (including phenoxy) is 4. The lowest BCUT2D eigenvalue weighted by atomic mass is 10.0. The van der Waals surface area contributed by atoms with Crippen molar-refractivity contribution >= 4 is 34.2 Å². The fourth-order valence-corrected chi connectivity index (χ4v) is 4.03. The van der Waals surface area contributed by atoms with Crippen LogP contribution < -0.4 is 24.8 Å². The summed E-state index contributed by atoms with van der Waals surface area (Å²) in [5.41, 5.74) is 0.825. The summed E-state index contributed by atoms with van der Waals surface area (Å²) in [5.74, 6) is 0.459. The maximum absolute atomic E-state index is 13.1. The van der Waals surface area contributed by atoms with E-state index in [1.807, 2.05) is 0 Å². The molecule has 0 spiro atoms. The van der Waals surface area contributed by atoms with Crippen LogP contribution >= 0.6 is 0 Å². The number of pyridine rings is 2. The summed E-state index contributed by atoms with van der Waals surface area (Å²) < 4.78 is 35.3. The maximum atomic E-state index is 13.1. The van der Waals surface area contributed by atoms with Crippen LogP contribution in [0.25, 0.3) is 11.0 Å². The van der Waals surface area contributed by atoms with Gasteiger partial charge < -0.3 is 29.6 Å². The number of hydrogen-bond donors (Lipinski definition) is 2. The van der Waals surface area contributed by atoms with Crippen molar-refractivity contribution in [2.45, 2.75) is 12.8 Å². The number of nitrogens with zero attached hydrogens (tertiary/aromatic N) is 2. The Hall–Kier alpha value is -4.77. The normalized spacial score (nSPS) is 13.4. The van der Waals surface area contributed by atoms with E-state index in [1.165, 1.54) is 31.4 Å². The molecular weight excluding hydrogens is 519 g/mol. The largest absolute Gasteiger partial charge is 0.485 e. The molecule has 2 amide bonds. The van der Waals surface area contributed by atoms with Gasteiger partial charge in [0, 0.05) is 36.8 Å². The fraction of sp³-hybridized carbons (Fsp3) is 0.241. The van der Waals surface area contributed by atoms with E-state index in [0.29, 0.717) is 65.7 Å². The van der Waals surface area contributed by atoms with Gasteiger partial charge in [0.15, 0.2) is 11.5 Å². The SMILES string of the molecule is COCCOc1cc2nccc(Oc3ccc(NC(=O)C4(C(=O)Nc5ccc(F)cc5)CC4)cc3)c2nc1OC. The standard InChI is InChI=1S/C29H27FN4O6/c1-37-15-16-39-24-17-22-25(34-26(24)38-2)23(11-14-31-22)40-21-9-7-20(8-10-21)33-28(36)29(12-13-29)27(35)32-19-5-3-18(30)4-6-19/h3-11,14,17H,12-13,15-16H2,1-2H3,(H,32,35)(H,33,36). The molecular formula is C29H27FN4O6. The van der Waals surface area contributed by atoms with Crippen LogP contribution in [0.5, 0.6) is 23.1 Å². The third kappa shape index (κ3) is 5.79. The fourth-order valence-electron chi connectivity index (χ4n) is 4.03. The number of rotatable bonds is 11. The number of hydrogen-bond acceptors (Lipinski definition) is 8. The van der Waals surface area contributed by atoms with Crippen molar-refractivity contribution in [3.8, 4) is 23.1 Å². The Morgan fingerprint density at radius 3 is 2.15 bits per heavy atom. The van der Waals surface area contributed by atoms with Gasteiger partial charge in [0.2, 0.25) is 11.8 Å². The van der Waals surface area contributed by atoms with Crippen LogP contribution in [-0.2, 0) is 14.3 Å². The molecule has 11 heteroatoms. The van der Waals surface area contributed by atoms with Gasteiger partial charge in [-0.15, -0.1) is 0 Å². The first kappa shape index (κ1) is 26.8. The molecule has 0 unspecified atom stereocenters. The summed E-state index contributed by atoms with van der Waals surface area (Å²) in [6.45, 7) is 0.748. The first-order valence-electron chi connectivity index (χ1n) is 12.5. The second kappa shape index (κ2) is 11.5. The van der Waals surface area contributed by atoms with Gasteiger partial charge in [0.25, 0.3) is 5.88 Å². The third-order valence-corrected chi connectivity index (χ3v) is 6.41. The summed E-state index contributed by atoms with van der Waals surface area (Å²) in [6, 6.07) is 15.6. The van der Waals surface area contributed by atoms with Gasteiger partial charge >= 0.3 is 0 Å². The predicted molar refractivity (Wildman–Crippen MR) is 145 cm³/mol. The molecule has 0 bridgehead atoms. The van der Waals surface area contributed by atoms with Crippen molar-refractivity contribution < 1.29 is 32.9 Å². The van der Waals surface area contributed by atoms with Crippen LogP contribution in [0.2, 0.25) is 0 Å². The Morgan fingerprint density at radius 2 is 1.55 bits per heavy atom. The van der Waals surface area contributed by atoms with E-state index < -0.39 is 23.0 Å². The van der Waals surface area contributed by atoms with Gasteiger partial charge in [-0.3, -0.25) is 14.6 Å². The molecule has 0 atom stereocenters. The molecule has 1 aliphatic carbocycles. The summed E-state index contributed by atoms with van der Waals surface area (Å²) in [6.07, 6.45) is 2.46. The molecule has 2 N–H and O–H groups in total. The zero-order chi connectivity index (χ0) is 28.1. The summed E-state index contributed by atoms with van der Waals surface area (Å²) >= 11 is 0. The first-order chi connectivity index (χ1) is 19.4. The van der Waals surface area contributed by atoms with E-state index in [1.54, 1.807) is 49.7 Å². The number of benzene rings is 2. The molecule has 206 valence electrons. The monoisotopic (exact) mass is 546 g/mol. The van der Waals surface area contributed by atoms with Crippen molar-refractivity contribution in [1.29, 1.82) is 0 Å². The van der Waals surface area contributed by atoms with Crippen LogP contribution in [0.15, 0.2) is 66.9 Å². The quantitative estimate of drug-likeness (QED) is 0.200. The lowest BCUT2D eigenvalue weighted by molar-refractivity contribution is -0.131. The van der Waals surface area contributed by atoms with Gasteiger partial charge in [-0.2, -0.15) is 0 Å². The second-order valence-corrected chi connectivity index (χ2v) is 9.14. The highest BCUT2D eigenvalue weighted by molar-refractivity contribution is 6.16. The van der Waals surface area contributed by atoms with Crippen molar-refractivity contribution in [1.82, 2.24) is 9.97 Å². The molecule has 5 rings (SSSR count). The van der Waals surface area contributed by atoms with Gasteiger partial charge in [-0.05, 0) is 61.4 Å². The topological polar surface area (TPSA) is 121 Å². The van der Waals surface area contributed by atoms with Gasteiger partial charge in [0.05, 0.1) is 19.2 Å². The van der Waals surface area contributed by atoms with Gasteiger partial charge in [-0.25, -0.2) is 9.37 Å². The van der Waals surface area contributed by atoms with Crippen LogP contribution in [0.4, 0.5) is 15.8 Å². The molecule has 1 saturated carbocycles. The molecule has 1 fully saturated rings. The number of nitrogens with one attached hydrogen (secondary N) is 2. The average Bonchev–Trinajstić information content (AvgIpc) is 3.78. The maximum Gasteiger partial charge on any atom is 0.257 e. The highest BCUT2D eigenvalue weighted by atomic mass is 19.1. The summed E-state index contributed by atoms with van der Waals surface area (Å²) in [7, 11) is 3.09. The molecule has 0 radical (unpaired) electrons. The third-order valence-electron chi connectivity index (χ3n) is 6.41. The second-order valence-electron chi connectivity index (χ2n) is 9.14. The number of carbonyl (C=O) groups is 2. The van der Waals surface area contributed by atoms with Crippen molar-refractivity contribution in [2.75, 3.05) is 38.1 Å². The van der Waals surface area contributed by atoms with E-state index in [0.717, 1.165) is 0 Å². The minimum absolute atomic E-state index is 0.289. The minimum Gasteiger partial charge on any atom is -0.485 e. The number of anilines is 2. The zero-order valence-corrected chi connectivity index (χ0v) is 21.9. The van der Waals surface area contributed by atoms with Crippen LogP contribution in [-0.4, -0.2) is 49.2 Å². The Morgan fingerprint density at radius 1 is 0.900 bits per heavy atom. The summed E-state index contributed by atoms with van der Waals surface area (Å²) in [5, 5.41) is 5.50. The number of amides is 2. The van der Waals surface area contributed by atoms with Crippen LogP contribution in [0.3, 0.4) is 0 Å². The molecule has 0 aliphatic heterocycles. The number of methoxy groups -OCH3 is 2. The van der Waals surface area contributed by atoms with E-state index in [4.69, 9.17) is 18.9 Å². The molecule has 40 heavy (non-hydrogen) atoms. The van der Waals surface area contributed by atoms with E-state index in [2.05, 4.69) is 20.6 Å². The molecule has 2 aromatic carbocycles. The number of fused-ring (bicyclic) bond motifs is 1. The van der Waals surface area contributed by atoms with Crippen LogP contribution in [0, 0.1) is 11.2 Å². The van der Waals surface area contributed by atoms with Crippen LogP contribution in [0.1, 0.15) is 12.8 Å². The van der Waals surface area contributed by atoms with E-state index in [-0.39, 0.29) is 5.88 Å². The van der Waals surface area contributed by atoms with Gasteiger partial charge in [0.1, 0.15) is 29.1 Å². The van der Waals surface area contributed by atoms with Crippen molar-refractivity contribution in [3.63, 3.8) is 0 Å². The Kier molecular flexibility index (Phi) is 7.74. The minimum atomic E-state index is -1.16. The Bertz CT molecular complexity index is 1520. The smallest absolute Gasteiger partial charge is 0.257 e. The van der Waals surface area contributed by atoms with Crippen molar-refractivity contribution in [3.05, 3.63) is 72.7 Å². The number of halogens is 1. The van der Waals surface area contributed by atoms with Crippen molar-refractivity contribution in [2.24, 2.45) is 5.41 Å². The first-order valence-corrected chi connectivity index (χ1v) is 12.5. The highest BCUT2D eigenvalue weighted by Crippen LogP contribution is 2.47. The van der Waals surface area contributed by atoms with Gasteiger partial charge in [-0.1, -0.05) is 0 Å². The number of aromatic nitrogens is 2. The molecule has 4 aromatic rings. The molecule has 0 saturated heterocycles. The lowest BCUT2D eigenvalue weighted by Gasteiger charge is -2.16. The van der Waals surface area contributed by atoms with E-state index >= 15 is 0 Å². The predicted octanol–water partition coefficient (Wildman–Crippen LogP) is 4.95. The number of carbonyl (C=O) groups excluding carboxylic acids is 2. The molecule has 2 aromatic heterocycles. The Balaban J connectivity index is 1.26. The molecule has 2 heterocycles.